The second-order valence-corrected chi connectivity index (χ2v) is 7.12. The lowest BCUT2D eigenvalue weighted by Crippen LogP contribution is -2.48. The molecule has 0 spiro atoms. The van der Waals surface area contributed by atoms with Crippen LogP contribution in [0, 0.1) is 11.3 Å². The minimum Gasteiger partial charge on any atom is -0.349 e. The molecule has 0 radical (unpaired) electrons. The summed E-state index contributed by atoms with van der Waals surface area (Å²) >= 11 is 0. The van der Waals surface area contributed by atoms with E-state index in [1.54, 1.807) is 0 Å². The molecule has 1 aliphatic carbocycles. The SMILES string of the molecule is CC1(CC2CCCCC2)C[C@]2(C)CCO[C@@H]2OO1. The van der Waals surface area contributed by atoms with Crippen molar-refractivity contribution in [2.45, 2.75) is 77.1 Å². The van der Waals surface area contributed by atoms with E-state index in [9.17, 15) is 0 Å². The van der Waals surface area contributed by atoms with Crippen molar-refractivity contribution in [2.75, 3.05) is 6.61 Å². The quantitative estimate of drug-likeness (QED) is 0.701. The van der Waals surface area contributed by atoms with Crippen molar-refractivity contribution in [3.63, 3.8) is 0 Å². The fourth-order valence-electron chi connectivity index (χ4n) is 4.19. The molecule has 3 fully saturated rings. The van der Waals surface area contributed by atoms with Crippen LogP contribution >= 0.6 is 0 Å². The molecule has 18 heavy (non-hydrogen) atoms. The zero-order chi connectivity index (χ0) is 12.6. The summed E-state index contributed by atoms with van der Waals surface area (Å²) in [7, 11) is 0. The van der Waals surface area contributed by atoms with Crippen LogP contribution in [0.5, 0.6) is 0 Å². The Balaban J connectivity index is 1.63. The molecular weight excluding hydrogens is 228 g/mol. The van der Waals surface area contributed by atoms with Crippen molar-refractivity contribution in [1.82, 2.24) is 0 Å². The average Bonchev–Trinajstić information content (AvgIpc) is 2.70. The third-order valence-corrected chi connectivity index (χ3v) is 5.07. The molecule has 3 nitrogen and oxygen atoms in total. The number of hydrogen-bond donors (Lipinski definition) is 0. The van der Waals surface area contributed by atoms with Crippen molar-refractivity contribution >= 4 is 0 Å². The van der Waals surface area contributed by atoms with Crippen LogP contribution in [0.1, 0.15) is 65.2 Å². The topological polar surface area (TPSA) is 27.7 Å². The number of fused-ring (bicyclic) bond motifs is 1. The number of rotatable bonds is 2. The first kappa shape index (κ1) is 12.9. The van der Waals surface area contributed by atoms with Gasteiger partial charge in [-0.3, -0.25) is 0 Å². The summed E-state index contributed by atoms with van der Waals surface area (Å²) in [4.78, 5) is 11.3. The van der Waals surface area contributed by atoms with Crippen LogP contribution < -0.4 is 0 Å². The summed E-state index contributed by atoms with van der Waals surface area (Å²) in [5.74, 6) is 0.829. The van der Waals surface area contributed by atoms with Gasteiger partial charge in [0.15, 0.2) is 6.29 Å². The fraction of sp³-hybridized carbons (Fsp3) is 1.00. The van der Waals surface area contributed by atoms with Gasteiger partial charge in [0.25, 0.3) is 0 Å². The van der Waals surface area contributed by atoms with Gasteiger partial charge in [-0.2, -0.15) is 0 Å². The van der Waals surface area contributed by atoms with Gasteiger partial charge in [-0.15, -0.1) is 0 Å². The Morgan fingerprint density at radius 1 is 1.11 bits per heavy atom. The van der Waals surface area contributed by atoms with Crippen LogP contribution in [0.25, 0.3) is 0 Å². The fourth-order valence-corrected chi connectivity index (χ4v) is 4.19. The Morgan fingerprint density at radius 2 is 1.89 bits per heavy atom. The van der Waals surface area contributed by atoms with E-state index in [1.807, 2.05) is 0 Å². The first-order chi connectivity index (χ1) is 8.60. The zero-order valence-electron chi connectivity index (χ0n) is 11.7. The normalized spacial score (nSPS) is 46.0. The van der Waals surface area contributed by atoms with Gasteiger partial charge in [0, 0.05) is 5.41 Å². The van der Waals surface area contributed by atoms with Crippen LogP contribution in [-0.4, -0.2) is 18.5 Å². The smallest absolute Gasteiger partial charge is 0.196 e. The molecule has 0 aromatic rings. The minimum absolute atomic E-state index is 0.110. The van der Waals surface area contributed by atoms with Crippen molar-refractivity contribution < 1.29 is 14.5 Å². The van der Waals surface area contributed by atoms with Gasteiger partial charge >= 0.3 is 0 Å². The predicted molar refractivity (Wildman–Crippen MR) is 68.8 cm³/mol. The zero-order valence-corrected chi connectivity index (χ0v) is 11.7. The van der Waals surface area contributed by atoms with Gasteiger partial charge < -0.3 is 4.74 Å². The second-order valence-electron chi connectivity index (χ2n) is 7.12. The first-order valence-electron chi connectivity index (χ1n) is 7.56. The second kappa shape index (κ2) is 4.77. The minimum atomic E-state index is -0.142. The van der Waals surface area contributed by atoms with Gasteiger partial charge in [0.1, 0.15) is 5.60 Å². The summed E-state index contributed by atoms with van der Waals surface area (Å²) < 4.78 is 5.60. The van der Waals surface area contributed by atoms with E-state index in [0.717, 1.165) is 31.8 Å². The first-order valence-corrected chi connectivity index (χ1v) is 7.56. The Kier molecular flexibility index (Phi) is 3.41. The predicted octanol–water partition coefficient (Wildman–Crippen LogP) is 3.82. The molecule has 2 heterocycles. The molecule has 3 heteroatoms. The van der Waals surface area contributed by atoms with E-state index in [1.165, 1.54) is 32.1 Å². The van der Waals surface area contributed by atoms with Crippen LogP contribution in [0.3, 0.4) is 0 Å². The molecule has 0 aromatic heterocycles. The molecule has 3 atom stereocenters. The van der Waals surface area contributed by atoms with Crippen molar-refractivity contribution in [3.05, 3.63) is 0 Å². The average molecular weight is 254 g/mol. The molecule has 0 N–H and O–H groups in total. The lowest BCUT2D eigenvalue weighted by molar-refractivity contribution is -0.463. The Morgan fingerprint density at radius 3 is 2.67 bits per heavy atom. The van der Waals surface area contributed by atoms with Gasteiger partial charge in [-0.25, -0.2) is 9.78 Å². The highest BCUT2D eigenvalue weighted by Gasteiger charge is 2.52. The summed E-state index contributed by atoms with van der Waals surface area (Å²) in [6.45, 7) is 5.32. The molecule has 3 rings (SSSR count). The molecule has 1 saturated carbocycles. The summed E-state index contributed by atoms with van der Waals surface area (Å²) in [6.07, 6.45) is 10.1. The third kappa shape index (κ3) is 2.45. The maximum absolute atomic E-state index is 5.72. The van der Waals surface area contributed by atoms with Gasteiger partial charge in [-0.05, 0) is 32.1 Å². The monoisotopic (exact) mass is 254 g/mol. The van der Waals surface area contributed by atoms with Gasteiger partial charge in [-0.1, -0.05) is 39.0 Å². The molecule has 104 valence electrons. The van der Waals surface area contributed by atoms with Crippen LogP contribution in [0.4, 0.5) is 0 Å². The van der Waals surface area contributed by atoms with Crippen molar-refractivity contribution in [2.24, 2.45) is 11.3 Å². The van der Waals surface area contributed by atoms with E-state index in [-0.39, 0.29) is 17.3 Å². The highest BCUT2D eigenvalue weighted by molar-refractivity contribution is 4.94. The standard InChI is InChI=1S/C15H26O3/c1-14-8-9-16-13(14)17-18-15(2,11-14)10-12-6-4-3-5-7-12/h12-13H,3-11H2,1-2H3/t13-,14+,15?/m1/s1. The number of ether oxygens (including phenoxy) is 1. The highest BCUT2D eigenvalue weighted by atomic mass is 17.2. The molecule has 0 bridgehead atoms. The maximum Gasteiger partial charge on any atom is 0.196 e. The molecule has 2 saturated heterocycles. The van der Waals surface area contributed by atoms with E-state index in [2.05, 4.69) is 13.8 Å². The molecule has 2 aliphatic heterocycles. The molecular formula is C15H26O3. The van der Waals surface area contributed by atoms with Crippen LogP contribution in [0.2, 0.25) is 0 Å². The van der Waals surface area contributed by atoms with Gasteiger partial charge in [0.2, 0.25) is 0 Å². The summed E-state index contributed by atoms with van der Waals surface area (Å²) in [5.41, 5.74) is 0.0443. The largest absolute Gasteiger partial charge is 0.349 e. The molecule has 0 amide bonds. The lowest BCUT2D eigenvalue weighted by Gasteiger charge is -2.45. The van der Waals surface area contributed by atoms with Crippen LogP contribution in [-0.2, 0) is 14.5 Å². The molecule has 1 unspecified atom stereocenters. The van der Waals surface area contributed by atoms with E-state index in [4.69, 9.17) is 14.5 Å². The summed E-state index contributed by atoms with van der Waals surface area (Å²) in [6, 6.07) is 0. The Hall–Kier alpha value is -0.120. The van der Waals surface area contributed by atoms with Gasteiger partial charge in [0.05, 0.1) is 6.61 Å². The highest BCUT2D eigenvalue weighted by Crippen LogP contribution is 2.49. The van der Waals surface area contributed by atoms with E-state index < -0.39 is 0 Å². The Labute approximate surface area is 110 Å². The van der Waals surface area contributed by atoms with E-state index >= 15 is 0 Å². The third-order valence-electron chi connectivity index (χ3n) is 5.07. The molecule has 0 aromatic carbocycles. The van der Waals surface area contributed by atoms with Crippen molar-refractivity contribution in [3.8, 4) is 0 Å². The Bertz CT molecular complexity index is 300. The molecule has 3 aliphatic rings. The number of hydrogen-bond acceptors (Lipinski definition) is 3. The maximum atomic E-state index is 5.72. The lowest BCUT2D eigenvalue weighted by atomic mass is 9.72. The van der Waals surface area contributed by atoms with E-state index in [0.29, 0.717) is 0 Å². The van der Waals surface area contributed by atoms with Crippen molar-refractivity contribution in [1.29, 1.82) is 0 Å². The summed E-state index contributed by atoms with van der Waals surface area (Å²) in [5, 5.41) is 0. The van der Waals surface area contributed by atoms with Crippen LogP contribution in [0.15, 0.2) is 0 Å².